The summed E-state index contributed by atoms with van der Waals surface area (Å²) in [7, 11) is 0. The van der Waals surface area contributed by atoms with E-state index in [1.165, 1.54) is 12.1 Å². The van der Waals surface area contributed by atoms with Gasteiger partial charge >= 0.3 is 0 Å². The minimum absolute atomic E-state index is 0. The van der Waals surface area contributed by atoms with Gasteiger partial charge in [-0.2, -0.15) is 0 Å². The number of carbonyl (C=O) groups excluding carboxylic acids is 1. The van der Waals surface area contributed by atoms with Crippen molar-refractivity contribution in [3.05, 3.63) is 39.4 Å². The largest absolute Gasteiger partial charge is 0.350 e. The fourth-order valence-corrected chi connectivity index (χ4v) is 2.31. The van der Waals surface area contributed by atoms with Gasteiger partial charge in [0.25, 0.3) is 11.6 Å². The third-order valence-electron chi connectivity index (χ3n) is 3.42. The summed E-state index contributed by atoms with van der Waals surface area (Å²) in [5, 5.41) is 16.9. The molecule has 6 nitrogen and oxygen atoms in total. The Kier molecular flexibility index (Phi) is 5.91. The van der Waals surface area contributed by atoms with Crippen LogP contribution in [0.4, 0.5) is 5.69 Å². The highest BCUT2D eigenvalue weighted by molar-refractivity contribution is 5.96. The fourth-order valence-electron chi connectivity index (χ4n) is 2.31. The van der Waals surface area contributed by atoms with Gasteiger partial charge in [0.15, 0.2) is 0 Å². The quantitative estimate of drug-likeness (QED) is 0.656. The fraction of sp³-hybridized carbons (Fsp3) is 0.462. The van der Waals surface area contributed by atoms with Gasteiger partial charge in [0.05, 0.1) is 4.92 Å². The van der Waals surface area contributed by atoms with Crippen LogP contribution in [0.3, 0.4) is 0 Å². The van der Waals surface area contributed by atoms with Crippen molar-refractivity contribution < 1.29 is 9.72 Å². The summed E-state index contributed by atoms with van der Waals surface area (Å²) in [6.45, 7) is 3.14. The smallest absolute Gasteiger partial charge is 0.273 e. The lowest BCUT2D eigenvalue weighted by atomic mass is 10.1. The minimum atomic E-state index is -0.468. The van der Waals surface area contributed by atoms with Crippen LogP contribution >= 0.6 is 12.4 Å². The van der Waals surface area contributed by atoms with E-state index >= 15 is 0 Å². The molecular weight excluding hydrogens is 282 g/mol. The molecule has 2 N–H and O–H groups in total. The van der Waals surface area contributed by atoms with E-state index in [2.05, 4.69) is 10.6 Å². The number of rotatable bonds is 4. The maximum absolute atomic E-state index is 12.0. The molecule has 0 aromatic heterocycles. The number of hydrogen-bond acceptors (Lipinski definition) is 4. The van der Waals surface area contributed by atoms with Crippen LogP contribution in [-0.4, -0.2) is 30.0 Å². The van der Waals surface area contributed by atoms with Crippen molar-refractivity contribution in [1.29, 1.82) is 0 Å². The summed E-state index contributed by atoms with van der Waals surface area (Å²) in [5.41, 5.74) is 0.753. The molecule has 0 aliphatic carbocycles. The van der Waals surface area contributed by atoms with Crippen LogP contribution < -0.4 is 10.6 Å². The molecule has 1 aromatic carbocycles. The molecule has 0 radical (unpaired) electrons. The maximum atomic E-state index is 12.0. The number of amides is 1. The van der Waals surface area contributed by atoms with Crippen LogP contribution in [0, 0.1) is 17.0 Å². The zero-order chi connectivity index (χ0) is 13.8. The third-order valence-corrected chi connectivity index (χ3v) is 3.42. The summed E-state index contributed by atoms with van der Waals surface area (Å²) < 4.78 is 0. The SMILES string of the molecule is Cc1c(C(=O)NCC2CCCN2)cccc1[N+](=O)[O-].Cl. The molecule has 1 heterocycles. The molecule has 1 amide bonds. The summed E-state index contributed by atoms with van der Waals surface area (Å²) >= 11 is 0. The van der Waals surface area contributed by atoms with E-state index in [4.69, 9.17) is 0 Å². The summed E-state index contributed by atoms with van der Waals surface area (Å²) in [4.78, 5) is 22.4. The second kappa shape index (κ2) is 7.21. The van der Waals surface area contributed by atoms with Gasteiger partial charge in [-0.1, -0.05) is 6.07 Å². The first-order chi connectivity index (χ1) is 9.09. The van der Waals surface area contributed by atoms with E-state index in [0.29, 0.717) is 23.7 Å². The highest BCUT2D eigenvalue weighted by Gasteiger charge is 2.19. The summed E-state index contributed by atoms with van der Waals surface area (Å²) in [5.74, 6) is -0.255. The Morgan fingerprint density at radius 2 is 2.30 bits per heavy atom. The van der Waals surface area contributed by atoms with E-state index in [1.54, 1.807) is 13.0 Å². The molecule has 0 saturated carbocycles. The Bertz CT molecular complexity index is 502. The van der Waals surface area contributed by atoms with Crippen LogP contribution in [0.1, 0.15) is 28.8 Å². The van der Waals surface area contributed by atoms with E-state index < -0.39 is 4.92 Å². The number of halogens is 1. The Labute approximate surface area is 123 Å². The molecule has 0 spiro atoms. The summed E-state index contributed by atoms with van der Waals surface area (Å²) in [6.07, 6.45) is 2.17. The number of nitrogens with one attached hydrogen (secondary N) is 2. The van der Waals surface area contributed by atoms with E-state index in [0.717, 1.165) is 19.4 Å². The second-order valence-corrected chi connectivity index (χ2v) is 4.71. The number of nitro benzene ring substituents is 1. The number of nitrogens with zero attached hydrogens (tertiary/aromatic N) is 1. The van der Waals surface area contributed by atoms with E-state index in [-0.39, 0.29) is 24.0 Å². The van der Waals surface area contributed by atoms with Gasteiger partial charge < -0.3 is 10.6 Å². The van der Waals surface area contributed by atoms with Crippen molar-refractivity contribution in [3.63, 3.8) is 0 Å². The highest BCUT2D eigenvalue weighted by atomic mass is 35.5. The molecule has 20 heavy (non-hydrogen) atoms. The molecule has 1 fully saturated rings. The number of nitro groups is 1. The van der Waals surface area contributed by atoms with Gasteiger partial charge in [0, 0.05) is 29.8 Å². The normalized spacial score (nSPS) is 17.4. The molecule has 1 unspecified atom stereocenters. The molecule has 0 bridgehead atoms. The lowest BCUT2D eigenvalue weighted by Crippen LogP contribution is -2.37. The van der Waals surface area contributed by atoms with Crippen LogP contribution in [0.2, 0.25) is 0 Å². The van der Waals surface area contributed by atoms with Gasteiger partial charge in [0.1, 0.15) is 0 Å². The average molecular weight is 300 g/mol. The lowest BCUT2D eigenvalue weighted by Gasteiger charge is -2.12. The van der Waals surface area contributed by atoms with Gasteiger partial charge in [-0.3, -0.25) is 14.9 Å². The predicted molar refractivity (Wildman–Crippen MR) is 78.4 cm³/mol. The summed E-state index contributed by atoms with van der Waals surface area (Å²) in [6, 6.07) is 4.86. The standard InChI is InChI=1S/C13H17N3O3.ClH/c1-9-11(5-2-6-12(9)16(18)19)13(17)15-8-10-4-3-7-14-10;/h2,5-6,10,14H,3-4,7-8H2,1H3,(H,15,17);1H. The first-order valence-electron chi connectivity index (χ1n) is 6.35. The molecule has 1 saturated heterocycles. The zero-order valence-corrected chi connectivity index (χ0v) is 12.0. The predicted octanol–water partition coefficient (Wildman–Crippen LogP) is 1.81. The molecule has 7 heteroatoms. The van der Waals surface area contributed by atoms with Crippen LogP contribution in [0.25, 0.3) is 0 Å². The van der Waals surface area contributed by atoms with Crippen molar-refractivity contribution in [2.24, 2.45) is 0 Å². The molecule has 2 rings (SSSR count). The lowest BCUT2D eigenvalue weighted by molar-refractivity contribution is -0.385. The molecule has 1 aromatic rings. The van der Waals surface area contributed by atoms with Crippen LogP contribution in [0.5, 0.6) is 0 Å². The Morgan fingerprint density at radius 3 is 2.90 bits per heavy atom. The first-order valence-corrected chi connectivity index (χ1v) is 6.35. The molecule has 110 valence electrons. The molecule has 1 aliphatic heterocycles. The topological polar surface area (TPSA) is 84.3 Å². The van der Waals surface area contributed by atoms with Gasteiger partial charge in [-0.25, -0.2) is 0 Å². The number of hydrogen-bond donors (Lipinski definition) is 2. The third kappa shape index (κ3) is 3.68. The Morgan fingerprint density at radius 1 is 1.55 bits per heavy atom. The second-order valence-electron chi connectivity index (χ2n) is 4.71. The zero-order valence-electron chi connectivity index (χ0n) is 11.2. The first kappa shape index (κ1) is 16.4. The van der Waals surface area contributed by atoms with Crippen molar-refractivity contribution in [2.75, 3.05) is 13.1 Å². The number of carbonyl (C=O) groups is 1. The number of benzene rings is 1. The van der Waals surface area contributed by atoms with Crippen molar-refractivity contribution >= 4 is 24.0 Å². The van der Waals surface area contributed by atoms with E-state index in [1.807, 2.05) is 0 Å². The molecular formula is C13H18ClN3O3. The van der Waals surface area contributed by atoms with Crippen molar-refractivity contribution in [1.82, 2.24) is 10.6 Å². The monoisotopic (exact) mass is 299 g/mol. The van der Waals surface area contributed by atoms with Gasteiger partial charge in [-0.15, -0.1) is 12.4 Å². The highest BCUT2D eigenvalue weighted by Crippen LogP contribution is 2.20. The van der Waals surface area contributed by atoms with Crippen molar-refractivity contribution in [2.45, 2.75) is 25.8 Å². The molecule has 1 aliphatic rings. The van der Waals surface area contributed by atoms with E-state index in [9.17, 15) is 14.9 Å². The minimum Gasteiger partial charge on any atom is -0.350 e. The Balaban J connectivity index is 0.00000200. The van der Waals surface area contributed by atoms with Crippen LogP contribution in [-0.2, 0) is 0 Å². The van der Waals surface area contributed by atoms with Gasteiger partial charge in [0.2, 0.25) is 0 Å². The average Bonchev–Trinajstić information content (AvgIpc) is 2.89. The van der Waals surface area contributed by atoms with Crippen LogP contribution in [0.15, 0.2) is 18.2 Å². The maximum Gasteiger partial charge on any atom is 0.273 e. The van der Waals surface area contributed by atoms with Crippen molar-refractivity contribution in [3.8, 4) is 0 Å². The molecule has 1 atom stereocenters. The van der Waals surface area contributed by atoms with Gasteiger partial charge in [-0.05, 0) is 32.4 Å². The Hall–Kier alpha value is -1.66.